The predicted molar refractivity (Wildman–Crippen MR) is 53.2 cm³/mol. The van der Waals surface area contributed by atoms with Crippen molar-refractivity contribution in [3.63, 3.8) is 0 Å². The third-order valence-electron chi connectivity index (χ3n) is 2.36. The Morgan fingerprint density at radius 1 is 1.31 bits per heavy atom. The van der Waals surface area contributed by atoms with Crippen LogP contribution in [0, 0.1) is 5.92 Å². The van der Waals surface area contributed by atoms with E-state index in [1.165, 1.54) is 0 Å². The summed E-state index contributed by atoms with van der Waals surface area (Å²) in [5.74, 6) is 0.0266. The highest BCUT2D eigenvalue weighted by atomic mass is 16.1. The topological polar surface area (TPSA) is 43.1 Å². The van der Waals surface area contributed by atoms with Crippen LogP contribution in [-0.4, -0.2) is 5.78 Å². The van der Waals surface area contributed by atoms with E-state index >= 15 is 0 Å². The lowest BCUT2D eigenvalue weighted by atomic mass is 9.93. The zero-order valence-electron chi connectivity index (χ0n) is 8.03. The highest BCUT2D eigenvalue weighted by Gasteiger charge is 2.17. The van der Waals surface area contributed by atoms with Crippen molar-refractivity contribution in [2.45, 2.75) is 19.9 Å². The zero-order valence-corrected chi connectivity index (χ0v) is 8.03. The van der Waals surface area contributed by atoms with Gasteiger partial charge in [-0.15, -0.1) is 0 Å². The van der Waals surface area contributed by atoms with Crippen LogP contribution in [0.4, 0.5) is 0 Å². The molecule has 13 heavy (non-hydrogen) atoms. The third kappa shape index (κ3) is 2.39. The summed E-state index contributed by atoms with van der Waals surface area (Å²) < 4.78 is 0. The fourth-order valence-electron chi connectivity index (χ4n) is 1.22. The highest BCUT2D eigenvalue weighted by Crippen LogP contribution is 2.19. The summed E-state index contributed by atoms with van der Waals surface area (Å²) in [6.45, 7) is 3.44. The lowest BCUT2D eigenvalue weighted by molar-refractivity contribution is -0.120. The highest BCUT2D eigenvalue weighted by molar-refractivity contribution is 5.78. The van der Waals surface area contributed by atoms with E-state index in [4.69, 9.17) is 5.73 Å². The minimum absolute atomic E-state index is 0.109. The maximum Gasteiger partial charge on any atom is 0.134 e. The molecular weight excluding hydrogens is 162 g/mol. The van der Waals surface area contributed by atoms with Crippen molar-refractivity contribution in [1.82, 2.24) is 0 Å². The monoisotopic (exact) mass is 177 g/mol. The summed E-state index contributed by atoms with van der Waals surface area (Å²) in [5, 5.41) is 0. The smallest absolute Gasteiger partial charge is 0.134 e. The molecule has 0 aliphatic rings. The maximum atomic E-state index is 11.1. The number of carbonyl (C=O) groups is 1. The van der Waals surface area contributed by atoms with Crippen LogP contribution in [0.1, 0.15) is 25.5 Å². The lowest BCUT2D eigenvalue weighted by Gasteiger charge is -2.17. The molecule has 70 valence electrons. The van der Waals surface area contributed by atoms with Gasteiger partial charge >= 0.3 is 0 Å². The summed E-state index contributed by atoms with van der Waals surface area (Å²) in [6.07, 6.45) is 0. The molecule has 1 aromatic rings. The van der Waals surface area contributed by atoms with Crippen LogP contribution in [0.25, 0.3) is 0 Å². The standard InChI is InChI=1S/C11H15NO/c1-8(9(2)13)11(12)10-6-4-3-5-7-10/h3-8,11H,12H2,1-2H3. The van der Waals surface area contributed by atoms with Crippen molar-refractivity contribution >= 4 is 5.78 Å². The van der Waals surface area contributed by atoms with E-state index in [0.717, 1.165) is 5.56 Å². The molecule has 2 unspecified atom stereocenters. The van der Waals surface area contributed by atoms with Gasteiger partial charge in [0.2, 0.25) is 0 Å². The lowest BCUT2D eigenvalue weighted by Crippen LogP contribution is -2.24. The van der Waals surface area contributed by atoms with E-state index in [1.807, 2.05) is 37.3 Å². The molecule has 2 heteroatoms. The van der Waals surface area contributed by atoms with Crippen LogP contribution in [-0.2, 0) is 4.79 Å². The van der Waals surface area contributed by atoms with E-state index in [1.54, 1.807) is 6.92 Å². The number of ketones is 1. The van der Waals surface area contributed by atoms with Crippen molar-refractivity contribution < 1.29 is 4.79 Å². The first kappa shape index (κ1) is 9.93. The second-order valence-electron chi connectivity index (χ2n) is 3.34. The van der Waals surface area contributed by atoms with Crippen LogP contribution in [0.5, 0.6) is 0 Å². The molecule has 0 aliphatic carbocycles. The number of carbonyl (C=O) groups excluding carboxylic acids is 1. The van der Waals surface area contributed by atoms with E-state index in [9.17, 15) is 4.79 Å². The fourth-order valence-corrected chi connectivity index (χ4v) is 1.22. The molecule has 0 aliphatic heterocycles. The van der Waals surface area contributed by atoms with Gasteiger partial charge in [0.05, 0.1) is 0 Å². The number of Topliss-reactive ketones (excluding diaryl/α,β-unsaturated/α-hetero) is 1. The van der Waals surface area contributed by atoms with Gasteiger partial charge in [0.25, 0.3) is 0 Å². The Bertz CT molecular complexity index is 281. The van der Waals surface area contributed by atoms with Crippen LogP contribution >= 0.6 is 0 Å². The number of hydrogen-bond donors (Lipinski definition) is 1. The van der Waals surface area contributed by atoms with Gasteiger partial charge in [-0.1, -0.05) is 37.3 Å². The van der Waals surface area contributed by atoms with Crippen LogP contribution in [0.15, 0.2) is 30.3 Å². The predicted octanol–water partition coefficient (Wildman–Crippen LogP) is 1.91. The largest absolute Gasteiger partial charge is 0.323 e. The van der Waals surface area contributed by atoms with Gasteiger partial charge in [0.15, 0.2) is 0 Å². The quantitative estimate of drug-likeness (QED) is 0.766. The zero-order chi connectivity index (χ0) is 9.84. The molecule has 0 heterocycles. The second-order valence-corrected chi connectivity index (χ2v) is 3.34. The average Bonchev–Trinajstić information content (AvgIpc) is 2.17. The SMILES string of the molecule is CC(=O)C(C)C(N)c1ccccc1. The van der Waals surface area contributed by atoms with Gasteiger partial charge in [-0.25, -0.2) is 0 Å². The molecule has 0 bridgehead atoms. The van der Waals surface area contributed by atoms with Gasteiger partial charge in [-0.3, -0.25) is 4.79 Å². The number of nitrogens with two attached hydrogens (primary N) is 1. The van der Waals surface area contributed by atoms with Crippen molar-refractivity contribution in [3.05, 3.63) is 35.9 Å². The molecule has 0 spiro atoms. The number of benzene rings is 1. The first-order valence-corrected chi connectivity index (χ1v) is 4.44. The summed E-state index contributed by atoms with van der Waals surface area (Å²) in [4.78, 5) is 11.1. The normalized spacial score (nSPS) is 15.0. The molecule has 0 saturated carbocycles. The molecule has 0 amide bonds. The summed E-state index contributed by atoms with van der Waals surface area (Å²) in [5.41, 5.74) is 6.94. The van der Waals surface area contributed by atoms with E-state index in [-0.39, 0.29) is 17.7 Å². The molecule has 0 radical (unpaired) electrons. The Hall–Kier alpha value is -1.15. The fraction of sp³-hybridized carbons (Fsp3) is 0.364. The van der Waals surface area contributed by atoms with Gasteiger partial charge in [0.1, 0.15) is 5.78 Å². The Labute approximate surface area is 78.8 Å². The molecule has 2 N–H and O–H groups in total. The van der Waals surface area contributed by atoms with Crippen LogP contribution in [0.2, 0.25) is 0 Å². The third-order valence-corrected chi connectivity index (χ3v) is 2.36. The molecule has 0 aromatic heterocycles. The Morgan fingerprint density at radius 3 is 2.31 bits per heavy atom. The number of rotatable bonds is 3. The maximum absolute atomic E-state index is 11.1. The van der Waals surface area contributed by atoms with E-state index in [0.29, 0.717) is 0 Å². The van der Waals surface area contributed by atoms with Crippen molar-refractivity contribution in [2.75, 3.05) is 0 Å². The van der Waals surface area contributed by atoms with E-state index < -0.39 is 0 Å². The van der Waals surface area contributed by atoms with Crippen molar-refractivity contribution in [1.29, 1.82) is 0 Å². The van der Waals surface area contributed by atoms with Crippen molar-refractivity contribution in [2.24, 2.45) is 11.7 Å². The first-order chi connectivity index (χ1) is 6.13. The second kappa shape index (κ2) is 4.19. The van der Waals surface area contributed by atoms with Gasteiger partial charge < -0.3 is 5.73 Å². The Morgan fingerprint density at radius 2 is 1.85 bits per heavy atom. The van der Waals surface area contributed by atoms with Gasteiger partial charge in [-0.05, 0) is 12.5 Å². The summed E-state index contributed by atoms with van der Waals surface area (Å²) in [6, 6.07) is 9.52. The molecule has 1 aromatic carbocycles. The Balaban J connectivity index is 2.79. The van der Waals surface area contributed by atoms with Crippen LogP contribution < -0.4 is 5.73 Å². The Kier molecular flexibility index (Phi) is 3.20. The first-order valence-electron chi connectivity index (χ1n) is 4.44. The van der Waals surface area contributed by atoms with Crippen molar-refractivity contribution in [3.8, 4) is 0 Å². The number of hydrogen-bond acceptors (Lipinski definition) is 2. The van der Waals surface area contributed by atoms with E-state index in [2.05, 4.69) is 0 Å². The molecule has 0 fully saturated rings. The minimum atomic E-state index is -0.182. The summed E-state index contributed by atoms with van der Waals surface area (Å²) in [7, 11) is 0. The minimum Gasteiger partial charge on any atom is -0.323 e. The average molecular weight is 177 g/mol. The molecule has 1 rings (SSSR count). The molecule has 2 atom stereocenters. The summed E-state index contributed by atoms with van der Waals surface area (Å²) >= 11 is 0. The molecular formula is C11H15NO. The van der Waals surface area contributed by atoms with Gasteiger partial charge in [-0.2, -0.15) is 0 Å². The van der Waals surface area contributed by atoms with Gasteiger partial charge in [0, 0.05) is 12.0 Å². The molecule has 0 saturated heterocycles. The molecule has 2 nitrogen and oxygen atoms in total. The van der Waals surface area contributed by atoms with Crippen LogP contribution in [0.3, 0.4) is 0 Å².